The Bertz CT molecular complexity index is 1100. The van der Waals surface area contributed by atoms with Crippen LogP contribution >= 0.6 is 11.6 Å². The zero-order valence-electron chi connectivity index (χ0n) is 16.5. The van der Waals surface area contributed by atoms with Gasteiger partial charge in [-0.15, -0.1) is 0 Å². The molecule has 1 aromatic heterocycles. The standard InChI is InChI=1S/C21H22ClN3O4S/c1-2-28-18-9-5-15(6-10-18)20-23-21(29-24-20)16-4-3-13-25(14-16)30(26,27)19-11-7-17(22)8-12-19/h5-12,16H,2-4,13-14H2,1H3/t16-/m1/s1. The van der Waals surface area contributed by atoms with Gasteiger partial charge < -0.3 is 9.26 Å². The SMILES string of the molecule is CCOc1ccc(-c2noc([C@@H]3CCCN(S(=O)(=O)c4ccc(Cl)cc4)C3)n2)cc1. The topological polar surface area (TPSA) is 85.5 Å². The van der Waals surface area contributed by atoms with E-state index >= 15 is 0 Å². The van der Waals surface area contributed by atoms with E-state index in [0.717, 1.165) is 24.2 Å². The molecule has 2 heterocycles. The lowest BCUT2D eigenvalue weighted by atomic mass is 10.00. The molecule has 30 heavy (non-hydrogen) atoms. The van der Waals surface area contributed by atoms with Crippen LogP contribution in [0, 0.1) is 0 Å². The van der Waals surface area contributed by atoms with Gasteiger partial charge in [-0.3, -0.25) is 0 Å². The Morgan fingerprint density at radius 3 is 2.60 bits per heavy atom. The average Bonchev–Trinajstić information content (AvgIpc) is 3.25. The maximum absolute atomic E-state index is 13.0. The fraction of sp³-hybridized carbons (Fsp3) is 0.333. The highest BCUT2D eigenvalue weighted by atomic mass is 35.5. The predicted molar refractivity (Wildman–Crippen MR) is 113 cm³/mol. The third-order valence-electron chi connectivity index (χ3n) is 5.05. The van der Waals surface area contributed by atoms with Gasteiger partial charge in [0.15, 0.2) is 0 Å². The summed E-state index contributed by atoms with van der Waals surface area (Å²) in [4.78, 5) is 4.75. The van der Waals surface area contributed by atoms with Crippen LogP contribution in [0.2, 0.25) is 5.02 Å². The summed E-state index contributed by atoms with van der Waals surface area (Å²) in [6.45, 7) is 3.29. The molecule has 7 nitrogen and oxygen atoms in total. The van der Waals surface area contributed by atoms with Crippen LogP contribution in [0.5, 0.6) is 5.75 Å². The van der Waals surface area contributed by atoms with Crippen LogP contribution in [0.4, 0.5) is 0 Å². The lowest BCUT2D eigenvalue weighted by molar-refractivity contribution is 0.265. The van der Waals surface area contributed by atoms with Crippen LogP contribution in [0.1, 0.15) is 31.6 Å². The summed E-state index contributed by atoms with van der Waals surface area (Å²) in [6, 6.07) is 13.7. The van der Waals surface area contributed by atoms with Crippen molar-refractivity contribution in [3.05, 3.63) is 59.4 Å². The number of piperidine rings is 1. The van der Waals surface area contributed by atoms with Crippen molar-refractivity contribution in [2.45, 2.75) is 30.6 Å². The minimum Gasteiger partial charge on any atom is -0.494 e. The maximum Gasteiger partial charge on any atom is 0.243 e. The molecule has 4 rings (SSSR count). The number of hydrogen-bond donors (Lipinski definition) is 0. The first-order chi connectivity index (χ1) is 14.5. The molecule has 0 bridgehead atoms. The Morgan fingerprint density at radius 1 is 1.17 bits per heavy atom. The van der Waals surface area contributed by atoms with Crippen LogP contribution < -0.4 is 4.74 Å². The monoisotopic (exact) mass is 447 g/mol. The Labute approximate surface area is 180 Å². The molecule has 0 amide bonds. The molecule has 1 atom stereocenters. The van der Waals surface area contributed by atoms with Crippen LogP contribution in [-0.2, 0) is 10.0 Å². The van der Waals surface area contributed by atoms with E-state index in [1.165, 1.54) is 16.4 Å². The van der Waals surface area contributed by atoms with E-state index in [9.17, 15) is 8.42 Å². The summed E-state index contributed by atoms with van der Waals surface area (Å²) in [5, 5.41) is 4.58. The van der Waals surface area contributed by atoms with E-state index in [1.54, 1.807) is 12.1 Å². The quantitative estimate of drug-likeness (QED) is 0.558. The van der Waals surface area contributed by atoms with Gasteiger partial charge in [0.25, 0.3) is 0 Å². The largest absolute Gasteiger partial charge is 0.494 e. The van der Waals surface area contributed by atoms with Crippen molar-refractivity contribution < 1.29 is 17.7 Å². The van der Waals surface area contributed by atoms with Crippen molar-refractivity contribution in [3.8, 4) is 17.1 Å². The average molecular weight is 448 g/mol. The van der Waals surface area contributed by atoms with Crippen LogP contribution in [-0.4, -0.2) is 42.6 Å². The van der Waals surface area contributed by atoms with Gasteiger partial charge >= 0.3 is 0 Å². The lowest BCUT2D eigenvalue weighted by Gasteiger charge is -2.30. The van der Waals surface area contributed by atoms with Gasteiger partial charge in [-0.2, -0.15) is 9.29 Å². The zero-order chi connectivity index (χ0) is 21.1. The Kier molecular flexibility index (Phi) is 6.08. The summed E-state index contributed by atoms with van der Waals surface area (Å²) in [6.07, 6.45) is 1.51. The molecule has 1 aliphatic rings. The summed E-state index contributed by atoms with van der Waals surface area (Å²) in [7, 11) is -3.60. The molecule has 0 radical (unpaired) electrons. The van der Waals surface area contributed by atoms with E-state index in [2.05, 4.69) is 10.1 Å². The van der Waals surface area contributed by atoms with E-state index in [1.807, 2.05) is 31.2 Å². The fourth-order valence-corrected chi connectivity index (χ4v) is 5.15. The fourth-order valence-electron chi connectivity index (χ4n) is 3.50. The second kappa shape index (κ2) is 8.75. The predicted octanol–water partition coefficient (Wildman–Crippen LogP) is 4.36. The first kappa shape index (κ1) is 20.8. The van der Waals surface area contributed by atoms with Crippen molar-refractivity contribution >= 4 is 21.6 Å². The summed E-state index contributed by atoms with van der Waals surface area (Å²) in [5.41, 5.74) is 0.815. The number of halogens is 1. The van der Waals surface area contributed by atoms with Crippen LogP contribution in [0.3, 0.4) is 0 Å². The molecular weight excluding hydrogens is 426 g/mol. The number of aromatic nitrogens is 2. The molecule has 158 valence electrons. The molecular formula is C21H22ClN3O4S. The number of nitrogens with zero attached hydrogens (tertiary/aromatic N) is 3. The molecule has 1 saturated heterocycles. The molecule has 2 aromatic carbocycles. The van der Waals surface area contributed by atoms with Gasteiger partial charge in [0, 0.05) is 23.7 Å². The molecule has 0 unspecified atom stereocenters. The van der Waals surface area contributed by atoms with Crippen molar-refractivity contribution in [3.63, 3.8) is 0 Å². The second-order valence-corrected chi connectivity index (χ2v) is 9.44. The Balaban J connectivity index is 1.50. The van der Waals surface area contributed by atoms with Gasteiger partial charge in [0.2, 0.25) is 21.7 Å². The normalized spacial score (nSPS) is 17.7. The summed E-state index contributed by atoms with van der Waals surface area (Å²) < 4.78 is 38.4. The number of rotatable bonds is 6. The number of hydrogen-bond acceptors (Lipinski definition) is 6. The Morgan fingerprint density at radius 2 is 1.90 bits per heavy atom. The molecule has 0 aliphatic carbocycles. The van der Waals surface area contributed by atoms with E-state index in [0.29, 0.717) is 36.4 Å². The lowest BCUT2D eigenvalue weighted by Crippen LogP contribution is -2.39. The van der Waals surface area contributed by atoms with Gasteiger partial charge in [0.05, 0.1) is 17.4 Å². The van der Waals surface area contributed by atoms with Crippen molar-refractivity contribution in [2.75, 3.05) is 19.7 Å². The smallest absolute Gasteiger partial charge is 0.243 e. The van der Waals surface area contributed by atoms with Crippen molar-refractivity contribution in [1.82, 2.24) is 14.4 Å². The number of benzene rings is 2. The van der Waals surface area contributed by atoms with Crippen LogP contribution in [0.15, 0.2) is 57.9 Å². The third kappa shape index (κ3) is 4.35. The highest BCUT2D eigenvalue weighted by Gasteiger charge is 2.33. The maximum atomic E-state index is 13.0. The van der Waals surface area contributed by atoms with E-state index < -0.39 is 10.0 Å². The zero-order valence-corrected chi connectivity index (χ0v) is 18.1. The number of sulfonamides is 1. The van der Waals surface area contributed by atoms with Crippen molar-refractivity contribution in [1.29, 1.82) is 0 Å². The van der Waals surface area contributed by atoms with Crippen LogP contribution in [0.25, 0.3) is 11.4 Å². The molecule has 1 fully saturated rings. The third-order valence-corrected chi connectivity index (χ3v) is 7.18. The molecule has 9 heteroatoms. The minimum absolute atomic E-state index is 0.148. The number of ether oxygens (including phenoxy) is 1. The van der Waals surface area contributed by atoms with Gasteiger partial charge in [-0.1, -0.05) is 16.8 Å². The highest BCUT2D eigenvalue weighted by molar-refractivity contribution is 7.89. The molecule has 0 saturated carbocycles. The first-order valence-corrected chi connectivity index (χ1v) is 11.6. The summed E-state index contributed by atoms with van der Waals surface area (Å²) >= 11 is 5.88. The first-order valence-electron chi connectivity index (χ1n) is 9.80. The van der Waals surface area contributed by atoms with Gasteiger partial charge in [-0.25, -0.2) is 8.42 Å². The second-order valence-electron chi connectivity index (χ2n) is 7.07. The summed E-state index contributed by atoms with van der Waals surface area (Å²) in [5.74, 6) is 1.56. The Hall–Kier alpha value is -2.42. The highest BCUT2D eigenvalue weighted by Crippen LogP contribution is 2.31. The van der Waals surface area contributed by atoms with Gasteiger partial charge in [0.1, 0.15) is 5.75 Å². The van der Waals surface area contributed by atoms with E-state index in [4.69, 9.17) is 20.9 Å². The van der Waals surface area contributed by atoms with Gasteiger partial charge in [-0.05, 0) is 68.3 Å². The molecule has 0 spiro atoms. The molecule has 1 aliphatic heterocycles. The van der Waals surface area contributed by atoms with E-state index in [-0.39, 0.29) is 10.8 Å². The minimum atomic E-state index is -3.60. The van der Waals surface area contributed by atoms with Crippen molar-refractivity contribution in [2.24, 2.45) is 0 Å². The molecule has 0 N–H and O–H groups in total. The molecule has 3 aromatic rings.